The lowest BCUT2D eigenvalue weighted by Gasteiger charge is -2.16. The fourth-order valence-electron chi connectivity index (χ4n) is 2.69. The molecule has 1 atom stereocenters. The molecule has 0 aliphatic heterocycles. The number of rotatable bonds is 6. The molecule has 2 aromatic rings. The minimum atomic E-state index is -0.272. The van der Waals surface area contributed by atoms with Gasteiger partial charge in [-0.15, -0.1) is 0 Å². The van der Waals surface area contributed by atoms with Crippen molar-refractivity contribution in [1.29, 1.82) is 0 Å². The van der Waals surface area contributed by atoms with E-state index < -0.39 is 0 Å². The Morgan fingerprint density at radius 1 is 1.04 bits per heavy atom. The van der Waals surface area contributed by atoms with E-state index in [1.54, 1.807) is 18.2 Å². The van der Waals surface area contributed by atoms with E-state index in [4.69, 9.17) is 0 Å². The highest BCUT2D eigenvalue weighted by Gasteiger charge is 2.12. The van der Waals surface area contributed by atoms with E-state index >= 15 is 0 Å². The van der Waals surface area contributed by atoms with Crippen molar-refractivity contribution >= 4 is 17.6 Å². The van der Waals surface area contributed by atoms with Gasteiger partial charge in [0.05, 0.1) is 6.04 Å². The van der Waals surface area contributed by atoms with Crippen LogP contribution >= 0.6 is 0 Å². The fourth-order valence-corrected chi connectivity index (χ4v) is 2.69. The lowest BCUT2D eigenvalue weighted by atomic mass is 10.1. The standard InChI is InChI=1S/C21H27N3O2/c1-5-16-7-9-17(10-8-16)15(4)23-21(26)24-19-12-11-18(13-14(19)3)20(25)22-6-2/h7-13,15H,5-6H2,1-4H3,(H,22,25)(H2,23,24,26). The number of urea groups is 1. The van der Waals surface area contributed by atoms with Gasteiger partial charge in [-0.2, -0.15) is 0 Å². The third kappa shape index (κ3) is 5.09. The van der Waals surface area contributed by atoms with Crippen molar-refractivity contribution in [2.24, 2.45) is 0 Å². The molecule has 3 amide bonds. The Balaban J connectivity index is 1.99. The molecule has 0 aliphatic rings. The van der Waals surface area contributed by atoms with Gasteiger partial charge < -0.3 is 16.0 Å². The van der Waals surface area contributed by atoms with Crippen molar-refractivity contribution in [2.45, 2.75) is 40.2 Å². The van der Waals surface area contributed by atoms with Gasteiger partial charge in [0.1, 0.15) is 0 Å². The minimum Gasteiger partial charge on any atom is -0.352 e. The van der Waals surface area contributed by atoms with Crippen LogP contribution in [0.4, 0.5) is 10.5 Å². The zero-order chi connectivity index (χ0) is 19.1. The first-order valence-corrected chi connectivity index (χ1v) is 8.99. The molecule has 2 aromatic carbocycles. The van der Waals surface area contributed by atoms with Crippen molar-refractivity contribution in [2.75, 3.05) is 11.9 Å². The van der Waals surface area contributed by atoms with E-state index in [1.807, 2.05) is 32.9 Å². The van der Waals surface area contributed by atoms with Gasteiger partial charge >= 0.3 is 6.03 Å². The van der Waals surface area contributed by atoms with Crippen LogP contribution in [0.2, 0.25) is 0 Å². The maximum absolute atomic E-state index is 12.3. The molecular formula is C21H27N3O2. The molecule has 5 heteroatoms. The molecule has 5 nitrogen and oxygen atoms in total. The highest BCUT2D eigenvalue weighted by molar-refractivity contribution is 5.96. The van der Waals surface area contributed by atoms with Crippen molar-refractivity contribution in [3.63, 3.8) is 0 Å². The molecule has 3 N–H and O–H groups in total. The Kier molecular flexibility index (Phi) is 6.78. The third-order valence-corrected chi connectivity index (χ3v) is 4.31. The van der Waals surface area contributed by atoms with Gasteiger partial charge in [-0.1, -0.05) is 31.2 Å². The number of aryl methyl sites for hydroxylation is 2. The normalized spacial score (nSPS) is 11.5. The first-order valence-electron chi connectivity index (χ1n) is 8.99. The smallest absolute Gasteiger partial charge is 0.319 e. The molecule has 138 valence electrons. The largest absolute Gasteiger partial charge is 0.352 e. The van der Waals surface area contributed by atoms with Gasteiger partial charge in [0, 0.05) is 17.8 Å². The highest BCUT2D eigenvalue weighted by Crippen LogP contribution is 2.18. The number of hydrogen-bond acceptors (Lipinski definition) is 2. The molecule has 0 aliphatic carbocycles. The van der Waals surface area contributed by atoms with Crippen molar-refractivity contribution in [1.82, 2.24) is 10.6 Å². The first-order chi connectivity index (χ1) is 12.4. The first kappa shape index (κ1) is 19.5. The quantitative estimate of drug-likeness (QED) is 0.729. The molecule has 0 bridgehead atoms. The van der Waals surface area contributed by atoms with E-state index in [0.717, 1.165) is 17.5 Å². The Morgan fingerprint density at radius 3 is 2.31 bits per heavy atom. The molecule has 0 heterocycles. The van der Waals surface area contributed by atoms with E-state index in [2.05, 4.69) is 35.0 Å². The number of carbonyl (C=O) groups is 2. The lowest BCUT2D eigenvalue weighted by molar-refractivity contribution is 0.0955. The molecule has 2 rings (SSSR count). The van der Waals surface area contributed by atoms with Crippen LogP contribution in [0.3, 0.4) is 0 Å². The summed E-state index contributed by atoms with van der Waals surface area (Å²) in [6.07, 6.45) is 0.994. The van der Waals surface area contributed by atoms with Crippen LogP contribution in [-0.2, 0) is 6.42 Å². The molecule has 0 aromatic heterocycles. The zero-order valence-corrected chi connectivity index (χ0v) is 15.8. The summed E-state index contributed by atoms with van der Waals surface area (Å²) in [7, 11) is 0. The summed E-state index contributed by atoms with van der Waals surface area (Å²) in [5, 5.41) is 8.55. The van der Waals surface area contributed by atoms with Crippen LogP contribution in [0.15, 0.2) is 42.5 Å². The van der Waals surface area contributed by atoms with E-state index in [-0.39, 0.29) is 18.0 Å². The summed E-state index contributed by atoms with van der Waals surface area (Å²) in [4.78, 5) is 24.2. The molecular weight excluding hydrogens is 326 g/mol. The molecule has 0 saturated heterocycles. The van der Waals surface area contributed by atoms with Crippen LogP contribution in [0.1, 0.15) is 53.9 Å². The van der Waals surface area contributed by atoms with Crippen molar-refractivity contribution in [3.05, 3.63) is 64.7 Å². The van der Waals surface area contributed by atoms with Crippen molar-refractivity contribution in [3.8, 4) is 0 Å². The second-order valence-corrected chi connectivity index (χ2v) is 6.30. The summed E-state index contributed by atoms with van der Waals surface area (Å²) in [6, 6.07) is 13.1. The summed E-state index contributed by atoms with van der Waals surface area (Å²) >= 11 is 0. The number of nitrogens with one attached hydrogen (secondary N) is 3. The summed E-state index contributed by atoms with van der Waals surface area (Å²) in [5.41, 5.74) is 4.43. The van der Waals surface area contributed by atoms with Gasteiger partial charge in [-0.05, 0) is 62.1 Å². The van der Waals surface area contributed by atoms with Crippen LogP contribution < -0.4 is 16.0 Å². The Bertz CT molecular complexity index is 769. The predicted molar refractivity (Wildman–Crippen MR) is 106 cm³/mol. The number of amides is 3. The second-order valence-electron chi connectivity index (χ2n) is 6.30. The molecule has 0 spiro atoms. The molecule has 1 unspecified atom stereocenters. The Labute approximate surface area is 155 Å². The van der Waals surface area contributed by atoms with E-state index in [9.17, 15) is 9.59 Å². The van der Waals surface area contributed by atoms with Gasteiger partial charge in [0.15, 0.2) is 0 Å². The lowest BCUT2D eigenvalue weighted by Crippen LogP contribution is -2.31. The third-order valence-electron chi connectivity index (χ3n) is 4.31. The molecule has 0 saturated carbocycles. The predicted octanol–water partition coefficient (Wildman–Crippen LogP) is 4.19. The zero-order valence-electron chi connectivity index (χ0n) is 15.8. The second kappa shape index (κ2) is 9.04. The van der Waals surface area contributed by atoms with Gasteiger partial charge in [-0.3, -0.25) is 4.79 Å². The van der Waals surface area contributed by atoms with Crippen LogP contribution in [-0.4, -0.2) is 18.5 Å². The van der Waals surface area contributed by atoms with E-state index in [1.165, 1.54) is 5.56 Å². The Hall–Kier alpha value is -2.82. The van der Waals surface area contributed by atoms with Crippen LogP contribution in [0.5, 0.6) is 0 Å². The molecule has 26 heavy (non-hydrogen) atoms. The van der Waals surface area contributed by atoms with Gasteiger partial charge in [-0.25, -0.2) is 4.79 Å². The molecule has 0 fully saturated rings. The minimum absolute atomic E-state index is 0.101. The number of benzene rings is 2. The summed E-state index contributed by atoms with van der Waals surface area (Å²) < 4.78 is 0. The maximum atomic E-state index is 12.3. The average Bonchev–Trinajstić information content (AvgIpc) is 2.63. The average molecular weight is 353 g/mol. The Morgan fingerprint density at radius 2 is 1.73 bits per heavy atom. The summed E-state index contributed by atoms with van der Waals surface area (Å²) in [5.74, 6) is -0.115. The SMILES string of the molecule is CCNC(=O)c1ccc(NC(=O)NC(C)c2ccc(CC)cc2)c(C)c1. The van der Waals surface area contributed by atoms with Crippen LogP contribution in [0.25, 0.3) is 0 Å². The molecule has 0 radical (unpaired) electrons. The maximum Gasteiger partial charge on any atom is 0.319 e. The summed E-state index contributed by atoms with van der Waals surface area (Å²) in [6.45, 7) is 8.39. The number of anilines is 1. The van der Waals surface area contributed by atoms with Gasteiger partial charge in [0.2, 0.25) is 0 Å². The topological polar surface area (TPSA) is 70.2 Å². The van der Waals surface area contributed by atoms with Crippen molar-refractivity contribution < 1.29 is 9.59 Å². The number of hydrogen-bond donors (Lipinski definition) is 3. The van der Waals surface area contributed by atoms with Crippen LogP contribution in [0, 0.1) is 6.92 Å². The highest BCUT2D eigenvalue weighted by atomic mass is 16.2. The monoisotopic (exact) mass is 353 g/mol. The van der Waals surface area contributed by atoms with E-state index in [0.29, 0.717) is 17.8 Å². The fraction of sp³-hybridized carbons (Fsp3) is 0.333. The van der Waals surface area contributed by atoms with Gasteiger partial charge in [0.25, 0.3) is 5.91 Å². The number of carbonyl (C=O) groups excluding carboxylic acids is 2.